The van der Waals surface area contributed by atoms with Crippen LogP contribution < -0.4 is 10.2 Å². The van der Waals surface area contributed by atoms with Crippen LogP contribution in [0.2, 0.25) is 0 Å². The molecule has 0 bridgehead atoms. The van der Waals surface area contributed by atoms with E-state index < -0.39 is 0 Å². The highest BCUT2D eigenvalue weighted by Crippen LogP contribution is 2.29. The predicted octanol–water partition coefficient (Wildman–Crippen LogP) is 3.08. The number of rotatable bonds is 3. The van der Waals surface area contributed by atoms with Crippen LogP contribution in [0.5, 0.6) is 0 Å². The molecule has 0 saturated heterocycles. The van der Waals surface area contributed by atoms with Crippen LogP contribution in [0.1, 0.15) is 12.5 Å². The molecule has 0 fully saturated rings. The molecule has 20 heavy (non-hydrogen) atoms. The Balaban J connectivity index is 1.74. The van der Waals surface area contributed by atoms with Crippen LogP contribution in [0.3, 0.4) is 0 Å². The van der Waals surface area contributed by atoms with Gasteiger partial charge in [-0.3, -0.25) is 4.79 Å². The van der Waals surface area contributed by atoms with Crippen molar-refractivity contribution in [2.45, 2.75) is 19.4 Å². The summed E-state index contributed by atoms with van der Waals surface area (Å²) in [6.07, 6.45) is 1.01. The van der Waals surface area contributed by atoms with E-state index in [1.807, 2.05) is 43.3 Å². The standard InChI is InChI=1S/C17H18N2O/c1-13(17(20)18-15-8-3-2-4-9-15)19-12-11-14-7-5-6-10-16(14)19/h2-10,13H,11-12H2,1H3,(H,18,20)/t13-/m0/s1. The number of carbonyl (C=O) groups is 1. The fraction of sp³-hybridized carbons (Fsp3) is 0.235. The molecule has 0 spiro atoms. The third-order valence-electron chi connectivity index (χ3n) is 3.81. The first-order valence-electron chi connectivity index (χ1n) is 6.96. The number of amides is 1. The van der Waals surface area contributed by atoms with Crippen molar-refractivity contribution in [3.8, 4) is 0 Å². The molecule has 1 heterocycles. The highest BCUT2D eigenvalue weighted by Gasteiger charge is 2.27. The molecule has 3 heteroatoms. The number of nitrogens with zero attached hydrogens (tertiary/aromatic N) is 1. The summed E-state index contributed by atoms with van der Waals surface area (Å²) in [5.74, 6) is 0.0351. The van der Waals surface area contributed by atoms with Gasteiger partial charge in [0.05, 0.1) is 0 Å². The maximum atomic E-state index is 12.4. The molecule has 0 saturated carbocycles. The van der Waals surface area contributed by atoms with Crippen LogP contribution in [0.4, 0.5) is 11.4 Å². The van der Waals surface area contributed by atoms with Crippen LogP contribution in [-0.2, 0) is 11.2 Å². The molecule has 3 rings (SSSR count). The SMILES string of the molecule is C[C@@H](C(=O)Nc1ccccc1)N1CCc2ccccc21. The van der Waals surface area contributed by atoms with Gasteiger partial charge in [0.2, 0.25) is 5.91 Å². The van der Waals surface area contributed by atoms with Crippen molar-refractivity contribution in [1.82, 2.24) is 0 Å². The molecule has 1 amide bonds. The summed E-state index contributed by atoms with van der Waals surface area (Å²) in [5.41, 5.74) is 3.35. The number of para-hydroxylation sites is 2. The van der Waals surface area contributed by atoms with Gasteiger partial charge in [-0.1, -0.05) is 36.4 Å². The van der Waals surface area contributed by atoms with Crippen LogP contribution >= 0.6 is 0 Å². The van der Waals surface area contributed by atoms with E-state index in [2.05, 4.69) is 28.4 Å². The van der Waals surface area contributed by atoms with Crippen molar-refractivity contribution < 1.29 is 4.79 Å². The van der Waals surface area contributed by atoms with Crippen LogP contribution in [0, 0.1) is 0 Å². The van der Waals surface area contributed by atoms with Gasteiger partial charge in [-0.05, 0) is 37.1 Å². The van der Waals surface area contributed by atoms with E-state index in [1.165, 1.54) is 11.3 Å². The van der Waals surface area contributed by atoms with Gasteiger partial charge in [0, 0.05) is 17.9 Å². The summed E-state index contributed by atoms with van der Waals surface area (Å²) in [4.78, 5) is 14.5. The van der Waals surface area contributed by atoms with Crippen molar-refractivity contribution in [1.29, 1.82) is 0 Å². The Morgan fingerprint density at radius 2 is 1.80 bits per heavy atom. The van der Waals surface area contributed by atoms with Crippen molar-refractivity contribution in [3.63, 3.8) is 0 Å². The van der Waals surface area contributed by atoms with Gasteiger partial charge in [0.25, 0.3) is 0 Å². The Kier molecular flexibility index (Phi) is 3.42. The maximum absolute atomic E-state index is 12.4. The average Bonchev–Trinajstić information content (AvgIpc) is 2.91. The van der Waals surface area contributed by atoms with E-state index >= 15 is 0 Å². The zero-order chi connectivity index (χ0) is 13.9. The van der Waals surface area contributed by atoms with Crippen molar-refractivity contribution in [2.75, 3.05) is 16.8 Å². The predicted molar refractivity (Wildman–Crippen MR) is 82.0 cm³/mol. The number of anilines is 2. The Labute approximate surface area is 119 Å². The quantitative estimate of drug-likeness (QED) is 0.926. The lowest BCUT2D eigenvalue weighted by atomic mass is 10.1. The summed E-state index contributed by atoms with van der Waals surface area (Å²) in [7, 11) is 0. The minimum absolute atomic E-state index is 0.0351. The topological polar surface area (TPSA) is 32.3 Å². The minimum Gasteiger partial charge on any atom is -0.359 e. The number of benzene rings is 2. The smallest absolute Gasteiger partial charge is 0.246 e. The Morgan fingerprint density at radius 3 is 2.60 bits per heavy atom. The average molecular weight is 266 g/mol. The van der Waals surface area contributed by atoms with Gasteiger partial charge < -0.3 is 10.2 Å². The van der Waals surface area contributed by atoms with E-state index in [1.54, 1.807) is 0 Å². The molecule has 2 aromatic carbocycles. The van der Waals surface area contributed by atoms with Gasteiger partial charge in [0.1, 0.15) is 6.04 Å². The van der Waals surface area contributed by atoms with Crippen LogP contribution in [0.15, 0.2) is 54.6 Å². The van der Waals surface area contributed by atoms with Crippen molar-refractivity contribution in [3.05, 3.63) is 60.2 Å². The second kappa shape index (κ2) is 5.37. The molecular formula is C17H18N2O. The summed E-state index contributed by atoms with van der Waals surface area (Å²) in [6, 6.07) is 17.7. The molecule has 1 aliphatic heterocycles. The normalized spacial score (nSPS) is 14.8. The minimum atomic E-state index is -0.168. The zero-order valence-corrected chi connectivity index (χ0v) is 11.5. The highest BCUT2D eigenvalue weighted by atomic mass is 16.2. The lowest BCUT2D eigenvalue weighted by molar-refractivity contribution is -0.117. The van der Waals surface area contributed by atoms with Crippen molar-refractivity contribution in [2.24, 2.45) is 0 Å². The van der Waals surface area contributed by atoms with E-state index in [9.17, 15) is 4.79 Å². The second-order valence-corrected chi connectivity index (χ2v) is 5.10. The van der Waals surface area contributed by atoms with E-state index in [-0.39, 0.29) is 11.9 Å². The summed E-state index contributed by atoms with van der Waals surface area (Å²) >= 11 is 0. The first-order valence-corrected chi connectivity index (χ1v) is 6.96. The Morgan fingerprint density at radius 1 is 1.10 bits per heavy atom. The lowest BCUT2D eigenvalue weighted by Crippen LogP contribution is -2.41. The number of hydrogen-bond acceptors (Lipinski definition) is 2. The monoisotopic (exact) mass is 266 g/mol. The number of fused-ring (bicyclic) bond motifs is 1. The number of hydrogen-bond donors (Lipinski definition) is 1. The summed E-state index contributed by atoms with van der Waals surface area (Å²) < 4.78 is 0. The number of nitrogens with one attached hydrogen (secondary N) is 1. The lowest BCUT2D eigenvalue weighted by Gasteiger charge is -2.26. The molecular weight excluding hydrogens is 248 g/mol. The number of carbonyl (C=O) groups excluding carboxylic acids is 1. The molecule has 102 valence electrons. The largest absolute Gasteiger partial charge is 0.359 e. The zero-order valence-electron chi connectivity index (χ0n) is 11.5. The fourth-order valence-corrected chi connectivity index (χ4v) is 2.68. The third-order valence-corrected chi connectivity index (χ3v) is 3.81. The Bertz CT molecular complexity index is 609. The molecule has 0 radical (unpaired) electrons. The van der Waals surface area contributed by atoms with E-state index in [4.69, 9.17) is 0 Å². The van der Waals surface area contributed by atoms with Crippen LogP contribution in [0.25, 0.3) is 0 Å². The van der Waals surface area contributed by atoms with Gasteiger partial charge >= 0.3 is 0 Å². The van der Waals surface area contributed by atoms with Crippen LogP contribution in [-0.4, -0.2) is 18.5 Å². The van der Waals surface area contributed by atoms with Crippen molar-refractivity contribution >= 4 is 17.3 Å². The maximum Gasteiger partial charge on any atom is 0.246 e. The first-order chi connectivity index (χ1) is 9.75. The summed E-state index contributed by atoms with van der Waals surface area (Å²) in [6.45, 7) is 2.86. The Hall–Kier alpha value is -2.29. The van der Waals surface area contributed by atoms with Gasteiger partial charge in [-0.2, -0.15) is 0 Å². The summed E-state index contributed by atoms with van der Waals surface area (Å²) in [5, 5.41) is 2.97. The first kappa shape index (κ1) is 12.7. The molecule has 0 aromatic heterocycles. The molecule has 1 N–H and O–H groups in total. The molecule has 0 unspecified atom stereocenters. The molecule has 0 aliphatic carbocycles. The van der Waals surface area contributed by atoms with E-state index in [0.29, 0.717) is 0 Å². The molecule has 3 nitrogen and oxygen atoms in total. The highest BCUT2D eigenvalue weighted by molar-refractivity contribution is 5.96. The molecule has 1 atom stereocenters. The van der Waals surface area contributed by atoms with Gasteiger partial charge in [0.15, 0.2) is 0 Å². The third kappa shape index (κ3) is 2.39. The molecule has 2 aromatic rings. The fourth-order valence-electron chi connectivity index (χ4n) is 2.68. The van der Waals surface area contributed by atoms with Gasteiger partial charge in [-0.25, -0.2) is 0 Å². The second-order valence-electron chi connectivity index (χ2n) is 5.10. The van der Waals surface area contributed by atoms with E-state index in [0.717, 1.165) is 18.7 Å². The van der Waals surface area contributed by atoms with Gasteiger partial charge in [-0.15, -0.1) is 0 Å². The molecule has 1 aliphatic rings.